The van der Waals surface area contributed by atoms with Gasteiger partial charge in [0.25, 0.3) is 0 Å². The standard InChI is InChI=1S/C11H12O2/c1-2-11(13)7-9-3-5-10(8-12)6-4-9/h3-6,8H,2,7H2,1H3/i8D. The zero-order valence-electron chi connectivity index (χ0n) is 8.54. The number of hydrogen-bond donors (Lipinski definition) is 0. The van der Waals surface area contributed by atoms with Crippen molar-refractivity contribution in [1.82, 2.24) is 0 Å². The van der Waals surface area contributed by atoms with Gasteiger partial charge in [-0.25, -0.2) is 0 Å². The number of rotatable bonds is 4. The fourth-order valence-electron chi connectivity index (χ4n) is 1.04. The molecule has 0 aliphatic heterocycles. The highest BCUT2D eigenvalue weighted by Gasteiger charge is 2.00. The van der Waals surface area contributed by atoms with E-state index >= 15 is 0 Å². The molecule has 0 unspecified atom stereocenters. The molecule has 0 saturated carbocycles. The van der Waals surface area contributed by atoms with E-state index < -0.39 is 6.26 Å². The third-order valence-corrected chi connectivity index (χ3v) is 1.87. The van der Waals surface area contributed by atoms with E-state index in [4.69, 9.17) is 1.37 Å². The van der Waals surface area contributed by atoms with Crippen molar-refractivity contribution in [1.29, 1.82) is 0 Å². The Bertz CT molecular complexity index is 341. The van der Waals surface area contributed by atoms with Crippen molar-refractivity contribution in [3.8, 4) is 0 Å². The molecule has 0 aromatic heterocycles. The second kappa shape index (κ2) is 4.55. The van der Waals surface area contributed by atoms with E-state index in [1.165, 1.54) is 0 Å². The monoisotopic (exact) mass is 177 g/mol. The van der Waals surface area contributed by atoms with Crippen LogP contribution in [0, 0.1) is 0 Å². The fraction of sp³-hybridized carbons (Fsp3) is 0.273. The molecule has 0 spiro atoms. The molecular weight excluding hydrogens is 164 g/mol. The first-order valence-corrected chi connectivity index (χ1v) is 4.25. The van der Waals surface area contributed by atoms with Gasteiger partial charge in [-0.15, -0.1) is 0 Å². The Morgan fingerprint density at radius 3 is 2.54 bits per heavy atom. The number of carbonyl (C=O) groups excluding carboxylic acids is 2. The molecule has 0 N–H and O–H groups in total. The average Bonchev–Trinajstić information content (AvgIpc) is 2.18. The maximum absolute atomic E-state index is 11.1. The van der Waals surface area contributed by atoms with E-state index in [0.717, 1.165) is 5.56 Å². The molecule has 68 valence electrons. The highest BCUT2D eigenvalue weighted by atomic mass is 16.1. The van der Waals surface area contributed by atoms with Crippen LogP contribution in [0.5, 0.6) is 0 Å². The molecular formula is C11H12O2. The minimum atomic E-state index is -0.696. The highest BCUT2D eigenvalue weighted by Crippen LogP contribution is 2.04. The smallest absolute Gasteiger partial charge is 0.150 e. The Morgan fingerprint density at radius 1 is 1.46 bits per heavy atom. The lowest BCUT2D eigenvalue weighted by Crippen LogP contribution is -1.99. The molecule has 1 aromatic carbocycles. The molecule has 0 fully saturated rings. The van der Waals surface area contributed by atoms with E-state index in [9.17, 15) is 9.59 Å². The summed E-state index contributed by atoms with van der Waals surface area (Å²) in [5.41, 5.74) is 1.25. The molecule has 1 aromatic rings. The summed E-state index contributed by atoms with van der Waals surface area (Å²) in [5.74, 6) is 0.176. The molecule has 13 heavy (non-hydrogen) atoms. The largest absolute Gasteiger partial charge is 0.299 e. The molecule has 0 saturated heterocycles. The van der Waals surface area contributed by atoms with Gasteiger partial charge in [-0.3, -0.25) is 9.59 Å². The molecule has 0 aliphatic rings. The van der Waals surface area contributed by atoms with Crippen LogP contribution in [0.4, 0.5) is 0 Å². The van der Waals surface area contributed by atoms with Crippen LogP contribution in [0.15, 0.2) is 24.3 Å². The molecule has 0 amide bonds. The van der Waals surface area contributed by atoms with Crippen molar-refractivity contribution >= 4 is 12.0 Å². The Hall–Kier alpha value is -1.44. The van der Waals surface area contributed by atoms with Crippen LogP contribution in [0.2, 0.25) is 0 Å². The van der Waals surface area contributed by atoms with Gasteiger partial charge in [0.1, 0.15) is 13.4 Å². The lowest BCUT2D eigenvalue weighted by atomic mass is 10.1. The molecule has 0 atom stereocenters. The minimum absolute atomic E-state index is 0.176. The summed E-state index contributed by atoms with van der Waals surface area (Å²) in [4.78, 5) is 21.7. The average molecular weight is 177 g/mol. The van der Waals surface area contributed by atoms with Crippen molar-refractivity contribution in [3.05, 3.63) is 35.4 Å². The second-order valence-electron chi connectivity index (χ2n) is 2.87. The van der Waals surface area contributed by atoms with Crippen LogP contribution in [0.1, 0.15) is 30.6 Å². The quantitative estimate of drug-likeness (QED) is 0.659. The van der Waals surface area contributed by atoms with Crippen molar-refractivity contribution in [2.75, 3.05) is 0 Å². The third-order valence-electron chi connectivity index (χ3n) is 1.87. The predicted octanol–water partition coefficient (Wildman–Crippen LogP) is 2.02. The maximum atomic E-state index is 11.1. The fourth-order valence-corrected chi connectivity index (χ4v) is 1.04. The third kappa shape index (κ3) is 2.82. The van der Waals surface area contributed by atoms with Gasteiger partial charge in [-0.05, 0) is 5.56 Å². The predicted molar refractivity (Wildman–Crippen MR) is 50.8 cm³/mol. The molecule has 0 heterocycles. The van der Waals surface area contributed by atoms with Crippen LogP contribution < -0.4 is 0 Å². The van der Waals surface area contributed by atoms with Crippen LogP contribution in [-0.2, 0) is 11.2 Å². The van der Waals surface area contributed by atoms with E-state index in [0.29, 0.717) is 18.4 Å². The summed E-state index contributed by atoms with van der Waals surface area (Å²) in [6.45, 7) is 1.82. The summed E-state index contributed by atoms with van der Waals surface area (Å²) < 4.78 is 6.86. The van der Waals surface area contributed by atoms with E-state index in [-0.39, 0.29) is 5.78 Å². The molecule has 0 radical (unpaired) electrons. The van der Waals surface area contributed by atoms with Gasteiger partial charge in [-0.2, -0.15) is 0 Å². The summed E-state index contributed by atoms with van der Waals surface area (Å²) in [6.07, 6.45) is 0.237. The first-order valence-electron chi connectivity index (χ1n) is 4.75. The molecule has 2 nitrogen and oxygen atoms in total. The first-order chi connectivity index (χ1) is 6.63. The second-order valence-corrected chi connectivity index (χ2v) is 2.87. The number of Topliss-reactive ketones (excluding diaryl/α,β-unsaturated/α-hetero) is 1. The number of benzene rings is 1. The topological polar surface area (TPSA) is 34.1 Å². The van der Waals surface area contributed by atoms with E-state index in [1.807, 2.05) is 6.92 Å². The number of aldehydes is 1. The lowest BCUT2D eigenvalue weighted by molar-refractivity contribution is -0.118. The first kappa shape index (κ1) is 8.17. The zero-order valence-corrected chi connectivity index (χ0v) is 7.54. The normalized spacial score (nSPS) is 10.7. The Balaban J connectivity index is 2.73. The lowest BCUT2D eigenvalue weighted by Gasteiger charge is -1.98. The summed E-state index contributed by atoms with van der Waals surface area (Å²) in [6, 6.07) is 6.59. The SMILES string of the molecule is [2H]C(=O)c1ccc(CC(=O)CC)cc1. The van der Waals surface area contributed by atoms with Crippen LogP contribution in [0.25, 0.3) is 0 Å². The summed E-state index contributed by atoms with van der Waals surface area (Å²) in [5, 5.41) is 0. The molecule has 0 bridgehead atoms. The number of ketones is 1. The Labute approximate surface area is 79.0 Å². The van der Waals surface area contributed by atoms with E-state index in [2.05, 4.69) is 0 Å². The van der Waals surface area contributed by atoms with E-state index in [1.54, 1.807) is 24.3 Å². The maximum Gasteiger partial charge on any atom is 0.150 e. The van der Waals surface area contributed by atoms with Crippen LogP contribution in [-0.4, -0.2) is 12.0 Å². The molecule has 2 heteroatoms. The van der Waals surface area contributed by atoms with Gasteiger partial charge in [0.15, 0.2) is 0 Å². The van der Waals surface area contributed by atoms with Gasteiger partial charge in [0, 0.05) is 18.4 Å². The Morgan fingerprint density at radius 2 is 2.08 bits per heavy atom. The summed E-state index contributed by atoms with van der Waals surface area (Å²) in [7, 11) is 0. The van der Waals surface area contributed by atoms with Crippen molar-refractivity contribution in [2.45, 2.75) is 19.8 Å². The van der Waals surface area contributed by atoms with Gasteiger partial charge >= 0.3 is 0 Å². The van der Waals surface area contributed by atoms with Crippen LogP contribution >= 0.6 is 0 Å². The number of hydrogen-bond acceptors (Lipinski definition) is 2. The van der Waals surface area contributed by atoms with Crippen LogP contribution in [0.3, 0.4) is 0 Å². The molecule has 0 aliphatic carbocycles. The molecule has 1 rings (SSSR count). The Kier molecular flexibility index (Phi) is 2.86. The van der Waals surface area contributed by atoms with Gasteiger partial charge < -0.3 is 0 Å². The van der Waals surface area contributed by atoms with Crippen molar-refractivity contribution < 1.29 is 11.0 Å². The van der Waals surface area contributed by atoms with Gasteiger partial charge in [-0.1, -0.05) is 31.2 Å². The van der Waals surface area contributed by atoms with Crippen molar-refractivity contribution in [2.24, 2.45) is 0 Å². The zero-order chi connectivity index (χ0) is 10.6. The van der Waals surface area contributed by atoms with Crippen molar-refractivity contribution in [3.63, 3.8) is 0 Å². The minimum Gasteiger partial charge on any atom is -0.299 e. The number of carbonyl (C=O) groups is 2. The summed E-state index contributed by atoms with van der Waals surface area (Å²) >= 11 is 0. The van der Waals surface area contributed by atoms with Gasteiger partial charge in [0.05, 0.1) is 0 Å². The van der Waals surface area contributed by atoms with Gasteiger partial charge in [0.2, 0.25) is 0 Å². The highest BCUT2D eigenvalue weighted by molar-refractivity contribution is 5.81.